The van der Waals surface area contributed by atoms with Crippen LogP contribution >= 0.6 is 11.8 Å². The molecule has 0 aliphatic rings. The number of nitrogens with two attached hydrogens (primary N) is 1. The number of hydrogen-bond donors (Lipinski definition) is 8. The van der Waals surface area contributed by atoms with Gasteiger partial charge in [-0.1, -0.05) is 12.1 Å². The van der Waals surface area contributed by atoms with Crippen LogP contribution < -0.4 is 21.7 Å². The topological polar surface area (TPSA) is 211 Å². The number of carboxylic acids is 1. The predicted molar refractivity (Wildman–Crippen MR) is 125 cm³/mol. The first kappa shape index (κ1) is 29.2. The lowest BCUT2D eigenvalue weighted by Gasteiger charge is -2.25. The van der Waals surface area contributed by atoms with Gasteiger partial charge in [-0.2, -0.15) is 11.8 Å². The van der Waals surface area contributed by atoms with E-state index in [1.165, 1.54) is 43.0 Å². The van der Waals surface area contributed by atoms with Crippen LogP contribution in [0.4, 0.5) is 0 Å². The number of carbonyl (C=O) groups excluding carboxylic acids is 3. The molecule has 0 saturated heterocycles. The van der Waals surface area contributed by atoms with E-state index in [0.717, 1.165) is 0 Å². The van der Waals surface area contributed by atoms with Crippen LogP contribution in [0.15, 0.2) is 24.3 Å². The van der Waals surface area contributed by atoms with Crippen LogP contribution in [0.1, 0.15) is 18.9 Å². The molecule has 9 N–H and O–H groups in total. The highest BCUT2D eigenvalue weighted by Gasteiger charge is 2.30. The zero-order valence-electron chi connectivity index (χ0n) is 18.9. The van der Waals surface area contributed by atoms with Crippen molar-refractivity contribution in [2.75, 3.05) is 18.6 Å². The molecule has 3 amide bonds. The summed E-state index contributed by atoms with van der Waals surface area (Å²) in [4.78, 5) is 49.2. The molecule has 12 nitrogen and oxygen atoms in total. The molecular formula is C21H32N4O8S. The van der Waals surface area contributed by atoms with Crippen LogP contribution in [0.3, 0.4) is 0 Å². The fourth-order valence-corrected chi connectivity index (χ4v) is 3.27. The lowest BCUT2D eigenvalue weighted by molar-refractivity contribution is -0.142. The Labute approximate surface area is 201 Å². The van der Waals surface area contributed by atoms with Crippen molar-refractivity contribution in [2.45, 2.75) is 50.0 Å². The van der Waals surface area contributed by atoms with Crippen molar-refractivity contribution in [3.8, 4) is 5.75 Å². The molecule has 5 unspecified atom stereocenters. The highest BCUT2D eigenvalue weighted by Crippen LogP contribution is 2.12. The van der Waals surface area contributed by atoms with Gasteiger partial charge >= 0.3 is 5.97 Å². The summed E-state index contributed by atoms with van der Waals surface area (Å²) in [7, 11) is 0. The Kier molecular flexibility index (Phi) is 12.4. The molecule has 190 valence electrons. The molecule has 1 aromatic carbocycles. The van der Waals surface area contributed by atoms with Gasteiger partial charge in [0.05, 0.1) is 12.7 Å². The van der Waals surface area contributed by atoms with E-state index in [-0.39, 0.29) is 18.6 Å². The minimum atomic E-state index is -1.47. The molecule has 0 aromatic heterocycles. The van der Waals surface area contributed by atoms with Gasteiger partial charge in [0.1, 0.15) is 29.9 Å². The zero-order valence-corrected chi connectivity index (χ0v) is 19.7. The van der Waals surface area contributed by atoms with Crippen molar-refractivity contribution in [3.63, 3.8) is 0 Å². The third kappa shape index (κ3) is 9.55. The lowest BCUT2D eigenvalue weighted by atomic mass is 10.0. The number of phenols is 1. The molecule has 0 fully saturated rings. The number of aliphatic hydroxyl groups is 2. The number of carboxylic acid groups (broad SMARTS) is 1. The number of benzene rings is 1. The Morgan fingerprint density at radius 1 is 0.971 bits per heavy atom. The Morgan fingerprint density at radius 3 is 2.00 bits per heavy atom. The second kappa shape index (κ2) is 14.4. The standard InChI is InChI=1S/C21H32N4O8S/c1-11(27)17(22)20(31)25-16(10-26)19(30)24-15(9-12-3-5-13(28)6-4-12)18(29)23-14(21(32)33)7-8-34-2/h3-6,11,14-17,26-28H,7-10,22H2,1-2H3,(H,23,29)(H,24,30)(H,25,31)(H,32,33). The molecule has 1 aromatic rings. The van der Waals surface area contributed by atoms with Crippen LogP contribution in [0.2, 0.25) is 0 Å². The van der Waals surface area contributed by atoms with Gasteiger partial charge in [-0.25, -0.2) is 4.79 Å². The molecule has 5 atom stereocenters. The molecule has 0 bridgehead atoms. The lowest BCUT2D eigenvalue weighted by Crippen LogP contribution is -2.59. The average molecular weight is 501 g/mol. The first-order valence-corrected chi connectivity index (χ1v) is 11.8. The van der Waals surface area contributed by atoms with E-state index in [2.05, 4.69) is 16.0 Å². The van der Waals surface area contributed by atoms with E-state index < -0.39 is 60.6 Å². The summed E-state index contributed by atoms with van der Waals surface area (Å²) in [6, 6.07) is 0.567. The number of aromatic hydroxyl groups is 1. The summed E-state index contributed by atoms with van der Waals surface area (Å²) in [5, 5.41) is 44.9. The van der Waals surface area contributed by atoms with Crippen LogP contribution in [0.25, 0.3) is 0 Å². The van der Waals surface area contributed by atoms with E-state index in [1.54, 1.807) is 6.26 Å². The number of hydrogen-bond acceptors (Lipinski definition) is 9. The van der Waals surface area contributed by atoms with Gasteiger partial charge in [-0.05, 0) is 43.0 Å². The Bertz CT molecular complexity index is 837. The number of carbonyl (C=O) groups is 4. The zero-order chi connectivity index (χ0) is 25.8. The SMILES string of the molecule is CSCCC(NC(=O)C(Cc1ccc(O)cc1)NC(=O)C(CO)NC(=O)C(N)C(C)O)C(=O)O. The number of thioether (sulfide) groups is 1. The number of amides is 3. The van der Waals surface area contributed by atoms with Gasteiger partial charge in [0.2, 0.25) is 17.7 Å². The fraction of sp³-hybridized carbons (Fsp3) is 0.524. The minimum absolute atomic E-state index is 0.00528. The summed E-state index contributed by atoms with van der Waals surface area (Å²) >= 11 is 1.41. The smallest absolute Gasteiger partial charge is 0.326 e. The van der Waals surface area contributed by atoms with E-state index >= 15 is 0 Å². The second-order valence-electron chi connectivity index (χ2n) is 7.62. The van der Waals surface area contributed by atoms with E-state index in [0.29, 0.717) is 11.3 Å². The maximum atomic E-state index is 12.9. The minimum Gasteiger partial charge on any atom is -0.508 e. The van der Waals surface area contributed by atoms with Gasteiger partial charge in [0.15, 0.2) is 0 Å². The van der Waals surface area contributed by atoms with Crippen LogP contribution in [-0.2, 0) is 25.6 Å². The van der Waals surface area contributed by atoms with Crippen LogP contribution in [-0.4, -0.2) is 93.0 Å². The number of rotatable bonds is 14. The van der Waals surface area contributed by atoms with Crippen molar-refractivity contribution in [1.29, 1.82) is 0 Å². The number of nitrogens with one attached hydrogen (secondary N) is 3. The highest BCUT2D eigenvalue weighted by atomic mass is 32.2. The quantitative estimate of drug-likeness (QED) is 0.140. The molecule has 13 heteroatoms. The Balaban J connectivity index is 3.05. The Hall–Kier alpha value is -2.87. The van der Waals surface area contributed by atoms with Gasteiger partial charge in [-0.15, -0.1) is 0 Å². The molecule has 0 saturated carbocycles. The molecule has 0 aliphatic heterocycles. The summed E-state index contributed by atoms with van der Waals surface area (Å²) in [5.74, 6) is -3.33. The van der Waals surface area contributed by atoms with Gasteiger partial charge in [-0.3, -0.25) is 14.4 Å². The molecule has 0 aliphatic carbocycles. The van der Waals surface area contributed by atoms with Crippen LogP contribution in [0, 0.1) is 0 Å². The summed E-state index contributed by atoms with van der Waals surface area (Å²) in [6.07, 6.45) is 0.687. The van der Waals surface area contributed by atoms with Crippen molar-refractivity contribution < 1.29 is 39.6 Å². The second-order valence-corrected chi connectivity index (χ2v) is 8.61. The monoisotopic (exact) mass is 500 g/mol. The molecule has 34 heavy (non-hydrogen) atoms. The highest BCUT2D eigenvalue weighted by molar-refractivity contribution is 7.98. The van der Waals surface area contributed by atoms with Crippen molar-refractivity contribution >= 4 is 35.5 Å². The van der Waals surface area contributed by atoms with Crippen molar-refractivity contribution in [1.82, 2.24) is 16.0 Å². The largest absolute Gasteiger partial charge is 0.508 e. The molecule has 0 spiro atoms. The number of aliphatic hydroxyl groups excluding tert-OH is 2. The Morgan fingerprint density at radius 2 is 1.50 bits per heavy atom. The predicted octanol–water partition coefficient (Wildman–Crippen LogP) is -2.07. The maximum absolute atomic E-state index is 12.9. The number of aliphatic carboxylic acids is 1. The summed E-state index contributed by atoms with van der Waals surface area (Å²) in [5.41, 5.74) is 6.08. The summed E-state index contributed by atoms with van der Waals surface area (Å²) in [6.45, 7) is 0.468. The average Bonchev–Trinajstić information content (AvgIpc) is 2.79. The van der Waals surface area contributed by atoms with Gasteiger partial charge in [0, 0.05) is 6.42 Å². The van der Waals surface area contributed by atoms with Crippen molar-refractivity contribution in [3.05, 3.63) is 29.8 Å². The first-order chi connectivity index (χ1) is 16.0. The van der Waals surface area contributed by atoms with Crippen molar-refractivity contribution in [2.24, 2.45) is 5.73 Å². The molecule has 0 heterocycles. The molecule has 1 rings (SSSR count). The maximum Gasteiger partial charge on any atom is 0.326 e. The van der Waals surface area contributed by atoms with E-state index in [4.69, 9.17) is 5.73 Å². The van der Waals surface area contributed by atoms with Crippen LogP contribution in [0.5, 0.6) is 5.75 Å². The third-order valence-electron chi connectivity index (χ3n) is 4.87. The van der Waals surface area contributed by atoms with E-state index in [9.17, 15) is 39.6 Å². The third-order valence-corrected chi connectivity index (χ3v) is 5.52. The summed E-state index contributed by atoms with van der Waals surface area (Å²) < 4.78 is 0. The molecular weight excluding hydrogens is 468 g/mol. The van der Waals surface area contributed by atoms with Gasteiger partial charge < -0.3 is 42.1 Å². The number of phenolic OH excluding ortho intramolecular Hbond substituents is 1. The van der Waals surface area contributed by atoms with E-state index in [1.807, 2.05) is 0 Å². The fourth-order valence-electron chi connectivity index (χ4n) is 2.80. The normalized spacial score (nSPS) is 15.3. The molecule has 0 radical (unpaired) electrons. The first-order valence-electron chi connectivity index (χ1n) is 10.4. The van der Waals surface area contributed by atoms with Gasteiger partial charge in [0.25, 0.3) is 0 Å².